The average molecular weight is 440 g/mol. The standard InChI is InChI=1S/C23H29N5O2S/c1-5-29-19-8-6-7-9-20(19)30-21-11-10-17(12-25-21)13-26-23(24-4)27-14-22-28-18(15-31-22)16(2)3/h6-12,15-16H,5,13-14H2,1-4H3,(H2,24,26,27). The Morgan fingerprint density at radius 1 is 1.10 bits per heavy atom. The number of nitrogens with zero attached hydrogens (tertiary/aromatic N) is 3. The number of aliphatic imine (C=N–C) groups is 1. The summed E-state index contributed by atoms with van der Waals surface area (Å²) in [5.74, 6) is 3.02. The van der Waals surface area contributed by atoms with Crippen LogP contribution in [-0.2, 0) is 13.1 Å². The van der Waals surface area contributed by atoms with Gasteiger partial charge in [-0.1, -0.05) is 32.0 Å². The number of thiazole rings is 1. The topological polar surface area (TPSA) is 80.7 Å². The Bertz CT molecular complexity index is 986. The van der Waals surface area contributed by atoms with Crippen molar-refractivity contribution in [1.29, 1.82) is 0 Å². The summed E-state index contributed by atoms with van der Waals surface area (Å²) in [4.78, 5) is 13.3. The summed E-state index contributed by atoms with van der Waals surface area (Å²) in [5, 5.41) is 9.75. The number of benzene rings is 1. The van der Waals surface area contributed by atoms with Gasteiger partial charge < -0.3 is 20.1 Å². The number of ether oxygens (including phenoxy) is 2. The van der Waals surface area contributed by atoms with E-state index in [0.29, 0.717) is 49.0 Å². The molecule has 3 rings (SSSR count). The number of rotatable bonds is 9. The monoisotopic (exact) mass is 439 g/mol. The summed E-state index contributed by atoms with van der Waals surface area (Å²) >= 11 is 1.66. The van der Waals surface area contributed by atoms with E-state index >= 15 is 0 Å². The largest absolute Gasteiger partial charge is 0.490 e. The van der Waals surface area contributed by atoms with Crippen molar-refractivity contribution in [3.8, 4) is 17.4 Å². The maximum absolute atomic E-state index is 5.87. The molecule has 0 aliphatic heterocycles. The Labute approximate surface area is 187 Å². The van der Waals surface area contributed by atoms with Crippen molar-refractivity contribution >= 4 is 17.3 Å². The molecular weight excluding hydrogens is 410 g/mol. The number of para-hydroxylation sites is 2. The van der Waals surface area contributed by atoms with E-state index in [1.165, 1.54) is 0 Å². The van der Waals surface area contributed by atoms with Crippen molar-refractivity contribution in [1.82, 2.24) is 20.6 Å². The van der Waals surface area contributed by atoms with Crippen LogP contribution in [0.1, 0.15) is 43.0 Å². The van der Waals surface area contributed by atoms with E-state index in [4.69, 9.17) is 9.47 Å². The number of aromatic nitrogens is 2. The summed E-state index contributed by atoms with van der Waals surface area (Å²) in [6.45, 7) is 8.05. The van der Waals surface area contributed by atoms with Crippen molar-refractivity contribution in [3.05, 3.63) is 64.2 Å². The van der Waals surface area contributed by atoms with E-state index in [1.54, 1.807) is 24.6 Å². The molecular formula is C23H29N5O2S. The van der Waals surface area contributed by atoms with Gasteiger partial charge in [0.15, 0.2) is 17.5 Å². The van der Waals surface area contributed by atoms with Crippen LogP contribution in [0.15, 0.2) is 53.0 Å². The van der Waals surface area contributed by atoms with Gasteiger partial charge in [0.05, 0.1) is 18.8 Å². The zero-order valence-electron chi connectivity index (χ0n) is 18.4. The van der Waals surface area contributed by atoms with Crippen molar-refractivity contribution in [2.24, 2.45) is 4.99 Å². The highest BCUT2D eigenvalue weighted by molar-refractivity contribution is 7.09. The van der Waals surface area contributed by atoms with Gasteiger partial charge in [-0.05, 0) is 30.5 Å². The first kappa shape index (κ1) is 22.6. The summed E-state index contributed by atoms with van der Waals surface area (Å²) in [5.41, 5.74) is 2.15. The van der Waals surface area contributed by atoms with E-state index in [2.05, 4.69) is 44.8 Å². The quantitative estimate of drug-likeness (QED) is 0.371. The Kier molecular flexibility index (Phi) is 8.23. The molecule has 2 N–H and O–H groups in total. The maximum atomic E-state index is 5.87. The predicted molar refractivity (Wildman–Crippen MR) is 125 cm³/mol. The van der Waals surface area contributed by atoms with Crippen LogP contribution in [0.4, 0.5) is 0 Å². The molecule has 7 nitrogen and oxygen atoms in total. The lowest BCUT2D eigenvalue weighted by molar-refractivity contribution is 0.319. The number of nitrogens with one attached hydrogen (secondary N) is 2. The summed E-state index contributed by atoms with van der Waals surface area (Å²) < 4.78 is 11.5. The van der Waals surface area contributed by atoms with Crippen LogP contribution in [0, 0.1) is 0 Å². The molecule has 0 aliphatic rings. The second-order valence-corrected chi connectivity index (χ2v) is 8.03. The minimum atomic E-state index is 0.439. The van der Waals surface area contributed by atoms with E-state index in [9.17, 15) is 0 Å². The first-order valence-electron chi connectivity index (χ1n) is 10.3. The fourth-order valence-electron chi connectivity index (χ4n) is 2.73. The van der Waals surface area contributed by atoms with E-state index in [0.717, 1.165) is 16.3 Å². The smallest absolute Gasteiger partial charge is 0.219 e. The summed E-state index contributed by atoms with van der Waals surface area (Å²) in [7, 11) is 1.75. The zero-order valence-corrected chi connectivity index (χ0v) is 19.2. The molecule has 0 fully saturated rings. The van der Waals surface area contributed by atoms with Crippen LogP contribution in [0.3, 0.4) is 0 Å². The van der Waals surface area contributed by atoms with Crippen molar-refractivity contribution in [2.75, 3.05) is 13.7 Å². The summed E-state index contributed by atoms with van der Waals surface area (Å²) in [6, 6.07) is 11.4. The van der Waals surface area contributed by atoms with Crippen LogP contribution in [0.5, 0.6) is 17.4 Å². The second kappa shape index (κ2) is 11.3. The summed E-state index contributed by atoms with van der Waals surface area (Å²) in [6.07, 6.45) is 1.79. The Morgan fingerprint density at radius 3 is 2.52 bits per heavy atom. The Balaban J connectivity index is 1.51. The number of hydrogen-bond acceptors (Lipinski definition) is 6. The Morgan fingerprint density at radius 2 is 1.87 bits per heavy atom. The van der Waals surface area contributed by atoms with E-state index in [-0.39, 0.29) is 0 Å². The number of pyridine rings is 1. The van der Waals surface area contributed by atoms with Gasteiger partial charge in [-0.15, -0.1) is 11.3 Å². The van der Waals surface area contributed by atoms with Gasteiger partial charge in [-0.2, -0.15) is 0 Å². The lowest BCUT2D eigenvalue weighted by Gasteiger charge is -2.12. The van der Waals surface area contributed by atoms with Gasteiger partial charge in [0.1, 0.15) is 5.01 Å². The van der Waals surface area contributed by atoms with Gasteiger partial charge in [0.2, 0.25) is 5.88 Å². The molecule has 0 spiro atoms. The van der Waals surface area contributed by atoms with Gasteiger partial charge in [-0.3, -0.25) is 4.99 Å². The van der Waals surface area contributed by atoms with Gasteiger partial charge >= 0.3 is 0 Å². The van der Waals surface area contributed by atoms with E-state index in [1.807, 2.05) is 43.3 Å². The minimum Gasteiger partial charge on any atom is -0.490 e. The molecule has 0 radical (unpaired) electrons. The lowest BCUT2D eigenvalue weighted by Crippen LogP contribution is -2.36. The zero-order chi connectivity index (χ0) is 22.1. The molecule has 0 unspecified atom stereocenters. The SMILES string of the molecule is CCOc1ccccc1Oc1ccc(CNC(=NC)NCc2nc(C(C)C)cs2)cn1. The average Bonchev–Trinajstić information content (AvgIpc) is 3.26. The highest BCUT2D eigenvalue weighted by atomic mass is 32.1. The number of hydrogen-bond donors (Lipinski definition) is 2. The highest BCUT2D eigenvalue weighted by Gasteiger charge is 2.08. The molecule has 2 aromatic heterocycles. The molecule has 0 bridgehead atoms. The number of guanidine groups is 1. The third-order valence-electron chi connectivity index (χ3n) is 4.41. The normalized spacial score (nSPS) is 11.5. The van der Waals surface area contributed by atoms with Crippen molar-refractivity contribution < 1.29 is 9.47 Å². The van der Waals surface area contributed by atoms with Crippen LogP contribution >= 0.6 is 11.3 Å². The van der Waals surface area contributed by atoms with Crippen LogP contribution in [0.25, 0.3) is 0 Å². The maximum Gasteiger partial charge on any atom is 0.219 e. The molecule has 1 aromatic carbocycles. The Hall–Kier alpha value is -3.13. The molecule has 31 heavy (non-hydrogen) atoms. The van der Waals surface area contributed by atoms with Crippen LogP contribution in [0.2, 0.25) is 0 Å². The minimum absolute atomic E-state index is 0.439. The fraction of sp³-hybridized carbons (Fsp3) is 0.348. The third-order valence-corrected chi connectivity index (χ3v) is 5.28. The molecule has 0 amide bonds. The highest BCUT2D eigenvalue weighted by Crippen LogP contribution is 2.30. The van der Waals surface area contributed by atoms with E-state index < -0.39 is 0 Å². The molecule has 164 valence electrons. The predicted octanol–water partition coefficient (Wildman–Crippen LogP) is 4.72. The molecule has 0 aliphatic carbocycles. The third kappa shape index (κ3) is 6.68. The van der Waals surface area contributed by atoms with Gasteiger partial charge in [-0.25, -0.2) is 9.97 Å². The lowest BCUT2D eigenvalue weighted by atomic mass is 10.2. The van der Waals surface area contributed by atoms with Crippen molar-refractivity contribution in [2.45, 2.75) is 39.8 Å². The molecule has 0 atom stereocenters. The first-order valence-corrected chi connectivity index (χ1v) is 11.2. The molecule has 0 saturated carbocycles. The first-order chi connectivity index (χ1) is 15.1. The fourth-order valence-corrected chi connectivity index (χ4v) is 3.63. The van der Waals surface area contributed by atoms with Crippen molar-refractivity contribution in [3.63, 3.8) is 0 Å². The molecule has 3 aromatic rings. The van der Waals surface area contributed by atoms with Crippen LogP contribution < -0.4 is 20.1 Å². The molecule has 0 saturated heterocycles. The van der Waals surface area contributed by atoms with Crippen LogP contribution in [-0.4, -0.2) is 29.6 Å². The molecule has 2 heterocycles. The second-order valence-electron chi connectivity index (χ2n) is 7.09. The van der Waals surface area contributed by atoms with Gasteiger partial charge in [0.25, 0.3) is 0 Å². The molecule has 8 heteroatoms. The van der Waals surface area contributed by atoms with Gasteiger partial charge in [0, 0.05) is 31.2 Å².